The summed E-state index contributed by atoms with van der Waals surface area (Å²) < 4.78 is 2.70. The second-order valence-electron chi connectivity index (χ2n) is 5.93. The minimum absolute atomic E-state index is 0.0273. The van der Waals surface area contributed by atoms with E-state index in [1.54, 1.807) is 16.8 Å². The van der Waals surface area contributed by atoms with E-state index in [2.05, 4.69) is 31.6 Å². The molecular weight excluding hydrogens is 410 g/mol. The van der Waals surface area contributed by atoms with Gasteiger partial charge < -0.3 is 5.32 Å². The summed E-state index contributed by atoms with van der Waals surface area (Å²) in [5.74, 6) is 0. The molecule has 4 rings (SSSR count). The Bertz CT molecular complexity index is 1110. The van der Waals surface area contributed by atoms with Crippen molar-refractivity contribution in [3.8, 4) is 0 Å². The predicted molar refractivity (Wildman–Crippen MR) is 107 cm³/mol. The zero-order valence-electron chi connectivity index (χ0n) is 14.0. The van der Waals surface area contributed by atoms with E-state index in [9.17, 15) is 10.1 Å². The monoisotopic (exact) mass is 423 g/mol. The smallest absolute Gasteiger partial charge is 0.269 e. The van der Waals surface area contributed by atoms with Crippen LogP contribution in [0.4, 0.5) is 11.4 Å². The van der Waals surface area contributed by atoms with Crippen molar-refractivity contribution in [3.63, 3.8) is 0 Å². The van der Waals surface area contributed by atoms with Crippen LogP contribution >= 0.6 is 15.9 Å². The number of aromatic nitrogens is 3. The van der Waals surface area contributed by atoms with Crippen LogP contribution < -0.4 is 5.32 Å². The number of nitro benzene ring substituents is 1. The van der Waals surface area contributed by atoms with Crippen molar-refractivity contribution in [2.75, 3.05) is 5.32 Å². The van der Waals surface area contributed by atoms with Gasteiger partial charge in [0.2, 0.25) is 0 Å². The maximum absolute atomic E-state index is 11.2. The fourth-order valence-electron chi connectivity index (χ4n) is 2.88. The van der Waals surface area contributed by atoms with Gasteiger partial charge in [-0.15, -0.1) is 5.10 Å². The topological polar surface area (TPSA) is 85.9 Å². The Hall–Kier alpha value is -3.26. The highest BCUT2D eigenvalue weighted by Crippen LogP contribution is 2.27. The number of non-ortho nitro benzene ring substituents is 1. The molecule has 7 nitrogen and oxygen atoms in total. The second kappa shape index (κ2) is 7.16. The van der Waals surface area contributed by atoms with Crippen molar-refractivity contribution in [1.29, 1.82) is 0 Å². The molecule has 1 heterocycles. The molecule has 134 valence electrons. The fraction of sp³-hybridized carbons (Fsp3) is 0.0526. The number of anilines is 1. The Balaban J connectivity index is 1.83. The van der Waals surface area contributed by atoms with Crippen molar-refractivity contribution in [2.45, 2.75) is 6.17 Å². The van der Waals surface area contributed by atoms with E-state index in [0.29, 0.717) is 5.56 Å². The van der Waals surface area contributed by atoms with Crippen LogP contribution in [-0.4, -0.2) is 19.9 Å². The number of fused-ring (bicyclic) bond motifs is 1. The predicted octanol–water partition coefficient (Wildman–Crippen LogP) is 4.76. The number of hydrogen-bond donors (Lipinski definition) is 1. The molecule has 8 heteroatoms. The molecule has 0 radical (unpaired) electrons. The first-order valence-corrected chi connectivity index (χ1v) is 8.97. The van der Waals surface area contributed by atoms with Crippen LogP contribution in [0.3, 0.4) is 0 Å². The summed E-state index contributed by atoms with van der Waals surface area (Å²) in [6.45, 7) is 0. The van der Waals surface area contributed by atoms with E-state index in [-0.39, 0.29) is 5.69 Å². The van der Waals surface area contributed by atoms with Crippen molar-refractivity contribution in [1.82, 2.24) is 15.0 Å². The normalized spacial score (nSPS) is 12.0. The lowest BCUT2D eigenvalue weighted by Gasteiger charge is -2.21. The number of benzene rings is 3. The number of halogens is 1. The summed E-state index contributed by atoms with van der Waals surface area (Å²) >= 11 is 3.42. The average molecular weight is 424 g/mol. The molecule has 0 amide bonds. The number of nitro groups is 1. The molecule has 3 aromatic carbocycles. The highest BCUT2D eigenvalue weighted by Gasteiger charge is 2.20. The van der Waals surface area contributed by atoms with Gasteiger partial charge in [-0.2, -0.15) is 0 Å². The molecule has 0 spiro atoms. The Morgan fingerprint density at radius 3 is 2.59 bits per heavy atom. The van der Waals surface area contributed by atoms with Gasteiger partial charge >= 0.3 is 0 Å². The Morgan fingerprint density at radius 1 is 1.04 bits per heavy atom. The van der Waals surface area contributed by atoms with Gasteiger partial charge in [-0.25, -0.2) is 4.68 Å². The first kappa shape index (κ1) is 17.2. The standard InChI is InChI=1S/C19H14BrN5O2/c20-14-8-10-15(11-9-14)21-19(13-4-3-5-16(12-13)25(26)27)24-18-7-2-1-6-17(18)22-23-24/h1-12,19,21H/t19-/m1/s1. The summed E-state index contributed by atoms with van der Waals surface area (Å²) in [7, 11) is 0. The average Bonchev–Trinajstić information content (AvgIpc) is 3.11. The molecular formula is C19H14BrN5O2. The summed E-state index contributed by atoms with van der Waals surface area (Å²) in [5.41, 5.74) is 3.18. The van der Waals surface area contributed by atoms with E-state index in [4.69, 9.17) is 0 Å². The third-order valence-corrected chi connectivity index (χ3v) is 4.69. The van der Waals surface area contributed by atoms with Crippen LogP contribution in [0.25, 0.3) is 11.0 Å². The van der Waals surface area contributed by atoms with Crippen LogP contribution in [-0.2, 0) is 0 Å². The summed E-state index contributed by atoms with van der Waals surface area (Å²) in [5, 5.41) is 23.1. The summed E-state index contributed by atoms with van der Waals surface area (Å²) in [6.07, 6.45) is -0.460. The van der Waals surface area contributed by atoms with E-state index >= 15 is 0 Å². The zero-order chi connectivity index (χ0) is 18.8. The highest BCUT2D eigenvalue weighted by molar-refractivity contribution is 9.10. The van der Waals surface area contributed by atoms with Crippen molar-refractivity contribution in [3.05, 3.63) is 92.9 Å². The van der Waals surface area contributed by atoms with Crippen molar-refractivity contribution < 1.29 is 4.92 Å². The third-order valence-electron chi connectivity index (χ3n) is 4.17. The molecule has 0 fully saturated rings. The van der Waals surface area contributed by atoms with E-state index in [1.165, 1.54) is 6.07 Å². The van der Waals surface area contributed by atoms with Gasteiger partial charge in [-0.3, -0.25) is 10.1 Å². The first-order valence-electron chi connectivity index (χ1n) is 8.18. The second-order valence-corrected chi connectivity index (χ2v) is 6.84. The maximum Gasteiger partial charge on any atom is 0.269 e. The molecule has 0 unspecified atom stereocenters. The van der Waals surface area contributed by atoms with Crippen LogP contribution in [0.1, 0.15) is 11.7 Å². The molecule has 1 aromatic heterocycles. The third kappa shape index (κ3) is 3.52. The molecule has 0 saturated carbocycles. The van der Waals surface area contributed by atoms with Gasteiger partial charge in [0.1, 0.15) is 11.7 Å². The molecule has 0 bridgehead atoms. The largest absolute Gasteiger partial charge is 0.360 e. The van der Waals surface area contributed by atoms with Crippen molar-refractivity contribution >= 4 is 38.3 Å². The number of para-hydroxylation sites is 1. The summed E-state index contributed by atoms with van der Waals surface area (Å²) in [4.78, 5) is 10.8. The lowest BCUT2D eigenvalue weighted by Crippen LogP contribution is -2.21. The molecule has 0 aliphatic heterocycles. The first-order chi connectivity index (χ1) is 13.1. The number of nitrogens with zero attached hydrogens (tertiary/aromatic N) is 4. The van der Waals surface area contributed by atoms with Crippen LogP contribution in [0.15, 0.2) is 77.3 Å². The lowest BCUT2D eigenvalue weighted by molar-refractivity contribution is -0.384. The van der Waals surface area contributed by atoms with Gasteiger partial charge in [0, 0.05) is 27.9 Å². The van der Waals surface area contributed by atoms with Crippen LogP contribution in [0, 0.1) is 10.1 Å². The highest BCUT2D eigenvalue weighted by atomic mass is 79.9. The molecule has 4 aromatic rings. The Labute approximate surface area is 162 Å². The molecule has 0 aliphatic carbocycles. The van der Waals surface area contributed by atoms with Gasteiger partial charge in [0.15, 0.2) is 0 Å². The fourth-order valence-corrected chi connectivity index (χ4v) is 3.14. The number of nitrogens with one attached hydrogen (secondary N) is 1. The summed E-state index contributed by atoms with van der Waals surface area (Å²) in [6, 6.07) is 21.8. The van der Waals surface area contributed by atoms with Gasteiger partial charge in [0.25, 0.3) is 5.69 Å². The molecule has 0 saturated heterocycles. The number of hydrogen-bond acceptors (Lipinski definition) is 5. The Morgan fingerprint density at radius 2 is 1.81 bits per heavy atom. The molecule has 27 heavy (non-hydrogen) atoms. The van der Waals surface area contributed by atoms with E-state index in [0.717, 1.165) is 21.2 Å². The maximum atomic E-state index is 11.2. The minimum Gasteiger partial charge on any atom is -0.360 e. The van der Waals surface area contributed by atoms with Gasteiger partial charge in [-0.05, 0) is 36.4 Å². The number of rotatable bonds is 5. The van der Waals surface area contributed by atoms with Gasteiger partial charge in [-0.1, -0.05) is 45.4 Å². The SMILES string of the molecule is O=[N+]([O-])c1cccc([C@H](Nc2ccc(Br)cc2)n2nnc3ccccc32)c1. The Kier molecular flexibility index (Phi) is 4.55. The lowest BCUT2D eigenvalue weighted by atomic mass is 10.1. The van der Waals surface area contributed by atoms with E-state index < -0.39 is 11.1 Å². The molecule has 1 atom stereocenters. The van der Waals surface area contributed by atoms with Crippen LogP contribution in [0.5, 0.6) is 0 Å². The van der Waals surface area contributed by atoms with Crippen molar-refractivity contribution in [2.24, 2.45) is 0 Å². The molecule has 0 aliphatic rings. The van der Waals surface area contributed by atoms with E-state index in [1.807, 2.05) is 54.6 Å². The minimum atomic E-state index is -0.460. The quantitative estimate of drug-likeness (QED) is 0.369. The zero-order valence-corrected chi connectivity index (χ0v) is 15.6. The van der Waals surface area contributed by atoms with Crippen LogP contribution in [0.2, 0.25) is 0 Å². The molecule has 1 N–H and O–H groups in total. The van der Waals surface area contributed by atoms with Gasteiger partial charge in [0.05, 0.1) is 10.4 Å².